The number of ether oxygens (including phenoxy) is 1. The first-order valence-corrected chi connectivity index (χ1v) is 10.9. The summed E-state index contributed by atoms with van der Waals surface area (Å²) < 4.78 is 7.23. The lowest BCUT2D eigenvalue weighted by atomic mass is 9.97. The van der Waals surface area contributed by atoms with E-state index in [2.05, 4.69) is 27.9 Å². The first-order valence-electron chi connectivity index (χ1n) is 10.9. The van der Waals surface area contributed by atoms with E-state index in [9.17, 15) is 10.1 Å². The fourth-order valence-corrected chi connectivity index (χ4v) is 4.89. The molecule has 0 saturated carbocycles. The van der Waals surface area contributed by atoms with Gasteiger partial charge >= 0.3 is 0 Å². The minimum atomic E-state index is -0.142. The molecule has 0 spiro atoms. The third-order valence-electron chi connectivity index (χ3n) is 6.60. The second-order valence-electron chi connectivity index (χ2n) is 8.69. The summed E-state index contributed by atoms with van der Waals surface area (Å²) >= 11 is 0. The molecule has 2 atom stereocenters. The number of hydrogen-bond donors (Lipinski definition) is 1. The number of nitrogens with one attached hydrogen (secondary N) is 1. The molecule has 31 heavy (non-hydrogen) atoms. The lowest BCUT2D eigenvalue weighted by molar-refractivity contribution is 0.0832. The minimum absolute atomic E-state index is 0.122. The van der Waals surface area contributed by atoms with E-state index in [4.69, 9.17) is 9.84 Å². The molecule has 4 heterocycles. The highest BCUT2D eigenvalue weighted by Gasteiger charge is 2.33. The highest BCUT2D eigenvalue weighted by Crippen LogP contribution is 2.32. The Labute approximate surface area is 180 Å². The van der Waals surface area contributed by atoms with Crippen LogP contribution in [0.15, 0.2) is 35.3 Å². The zero-order valence-electron chi connectivity index (χ0n) is 17.6. The van der Waals surface area contributed by atoms with Gasteiger partial charge in [-0.1, -0.05) is 25.1 Å². The van der Waals surface area contributed by atoms with Crippen molar-refractivity contribution in [2.45, 2.75) is 38.1 Å². The molecule has 0 aliphatic carbocycles. The molecular weight excluding hydrogens is 392 g/mol. The molecule has 5 rings (SSSR count). The van der Waals surface area contributed by atoms with Crippen molar-refractivity contribution in [2.24, 2.45) is 5.92 Å². The first kappa shape index (κ1) is 19.9. The number of H-pyrrole nitrogens is 1. The summed E-state index contributed by atoms with van der Waals surface area (Å²) in [6.07, 6.45) is 3.42. The standard InChI is InChI=1S/C23H26N6O2/c1-15-12-28(13-18-5-3-2-4-17(18)10-24)14-19(15)21-26-23(30)20-11-25-22(29(20)27-21)16-6-8-31-9-7-16/h2-5,11,15-16,19H,6-9,12-14H2,1H3,(H,26,27,30). The number of imidazole rings is 1. The quantitative estimate of drug-likeness (QED) is 0.699. The molecule has 0 bridgehead atoms. The molecule has 8 heteroatoms. The number of nitriles is 1. The van der Waals surface area contributed by atoms with Crippen LogP contribution < -0.4 is 5.56 Å². The van der Waals surface area contributed by atoms with Crippen molar-refractivity contribution in [3.05, 3.63) is 63.6 Å². The minimum Gasteiger partial charge on any atom is -0.381 e. The highest BCUT2D eigenvalue weighted by molar-refractivity contribution is 5.43. The van der Waals surface area contributed by atoms with Crippen LogP contribution in [0.25, 0.3) is 5.52 Å². The summed E-state index contributed by atoms with van der Waals surface area (Å²) in [5, 5.41) is 14.2. The summed E-state index contributed by atoms with van der Waals surface area (Å²) in [6.45, 7) is 6.02. The van der Waals surface area contributed by atoms with Gasteiger partial charge in [-0.15, -0.1) is 0 Å². The van der Waals surface area contributed by atoms with Crippen LogP contribution in [0, 0.1) is 17.2 Å². The van der Waals surface area contributed by atoms with Gasteiger partial charge in [0.15, 0.2) is 5.52 Å². The first-order chi connectivity index (χ1) is 15.1. The molecule has 8 nitrogen and oxygen atoms in total. The van der Waals surface area contributed by atoms with Crippen LogP contribution >= 0.6 is 0 Å². The number of nitrogens with zero attached hydrogens (tertiary/aromatic N) is 5. The zero-order chi connectivity index (χ0) is 21.4. The second kappa shape index (κ2) is 8.25. The topological polar surface area (TPSA) is 99.3 Å². The number of fused-ring (bicyclic) bond motifs is 1. The van der Waals surface area contributed by atoms with Crippen molar-refractivity contribution in [1.29, 1.82) is 5.26 Å². The predicted molar refractivity (Wildman–Crippen MR) is 115 cm³/mol. The molecular formula is C23H26N6O2. The SMILES string of the molecule is CC1CN(Cc2ccccc2C#N)CC1c1nn2c(C3CCOCC3)ncc2c(=O)[nH]1. The van der Waals surface area contributed by atoms with E-state index in [0.29, 0.717) is 36.0 Å². The van der Waals surface area contributed by atoms with Crippen molar-refractivity contribution in [3.63, 3.8) is 0 Å². The normalized spacial score (nSPS) is 22.7. The summed E-state index contributed by atoms with van der Waals surface area (Å²) in [4.78, 5) is 22.7. The van der Waals surface area contributed by atoms with Crippen molar-refractivity contribution < 1.29 is 4.74 Å². The number of benzene rings is 1. The summed E-state index contributed by atoms with van der Waals surface area (Å²) in [6, 6.07) is 10.0. The summed E-state index contributed by atoms with van der Waals surface area (Å²) in [5.41, 5.74) is 2.10. The molecule has 160 valence electrons. The number of likely N-dealkylation sites (tertiary alicyclic amines) is 1. The Morgan fingerprint density at radius 1 is 1.26 bits per heavy atom. The van der Waals surface area contributed by atoms with E-state index in [0.717, 1.165) is 43.9 Å². The number of aromatic amines is 1. The average Bonchev–Trinajstić information content (AvgIpc) is 3.38. The van der Waals surface area contributed by atoms with Gasteiger partial charge in [-0.25, -0.2) is 9.50 Å². The molecule has 2 aromatic heterocycles. The van der Waals surface area contributed by atoms with Crippen LogP contribution in [0.5, 0.6) is 0 Å². The molecule has 2 unspecified atom stereocenters. The third kappa shape index (κ3) is 3.75. The molecule has 1 aromatic carbocycles. The van der Waals surface area contributed by atoms with Crippen LogP contribution in [-0.4, -0.2) is 50.8 Å². The number of aromatic nitrogens is 4. The maximum Gasteiger partial charge on any atom is 0.276 e. The van der Waals surface area contributed by atoms with E-state index in [-0.39, 0.29) is 17.4 Å². The van der Waals surface area contributed by atoms with E-state index in [1.807, 2.05) is 24.3 Å². The van der Waals surface area contributed by atoms with Gasteiger partial charge in [-0.2, -0.15) is 10.4 Å². The molecule has 2 fully saturated rings. The van der Waals surface area contributed by atoms with Crippen molar-refractivity contribution >= 4 is 5.52 Å². The van der Waals surface area contributed by atoms with Gasteiger partial charge in [0.25, 0.3) is 5.56 Å². The maximum absolute atomic E-state index is 12.8. The van der Waals surface area contributed by atoms with Gasteiger partial charge < -0.3 is 9.72 Å². The Morgan fingerprint density at radius 3 is 2.87 bits per heavy atom. The number of hydrogen-bond acceptors (Lipinski definition) is 6. The molecule has 0 radical (unpaired) electrons. The zero-order valence-corrected chi connectivity index (χ0v) is 17.6. The molecule has 3 aromatic rings. The van der Waals surface area contributed by atoms with E-state index >= 15 is 0 Å². The monoisotopic (exact) mass is 418 g/mol. The van der Waals surface area contributed by atoms with E-state index in [1.54, 1.807) is 10.7 Å². The Hall–Kier alpha value is -3.02. The van der Waals surface area contributed by atoms with Gasteiger partial charge in [-0.3, -0.25) is 9.69 Å². The fourth-order valence-electron chi connectivity index (χ4n) is 4.89. The molecule has 2 saturated heterocycles. The molecule has 2 aliphatic rings. The maximum atomic E-state index is 12.8. The van der Waals surface area contributed by atoms with Gasteiger partial charge in [0.2, 0.25) is 0 Å². The Bertz CT molecular complexity index is 1190. The highest BCUT2D eigenvalue weighted by atomic mass is 16.5. The summed E-state index contributed by atoms with van der Waals surface area (Å²) in [5.74, 6) is 2.29. The van der Waals surface area contributed by atoms with Gasteiger partial charge in [-0.05, 0) is 30.4 Å². The Morgan fingerprint density at radius 2 is 2.06 bits per heavy atom. The lowest BCUT2D eigenvalue weighted by Crippen LogP contribution is -2.24. The van der Waals surface area contributed by atoms with Crippen molar-refractivity contribution in [1.82, 2.24) is 24.5 Å². The van der Waals surface area contributed by atoms with Crippen molar-refractivity contribution in [3.8, 4) is 6.07 Å². The van der Waals surface area contributed by atoms with Gasteiger partial charge in [0.1, 0.15) is 11.6 Å². The Balaban J connectivity index is 1.42. The van der Waals surface area contributed by atoms with Crippen molar-refractivity contribution in [2.75, 3.05) is 26.3 Å². The smallest absolute Gasteiger partial charge is 0.276 e. The van der Waals surface area contributed by atoms with E-state index in [1.165, 1.54) is 0 Å². The molecule has 0 amide bonds. The van der Waals surface area contributed by atoms with Gasteiger partial charge in [0.05, 0.1) is 17.8 Å². The summed E-state index contributed by atoms with van der Waals surface area (Å²) in [7, 11) is 0. The van der Waals surface area contributed by atoms with Crippen LogP contribution in [0.4, 0.5) is 0 Å². The van der Waals surface area contributed by atoms with E-state index < -0.39 is 0 Å². The average molecular weight is 419 g/mol. The van der Waals surface area contributed by atoms with Crippen LogP contribution in [0.2, 0.25) is 0 Å². The predicted octanol–water partition coefficient (Wildman–Crippen LogP) is 2.42. The second-order valence-corrected chi connectivity index (χ2v) is 8.69. The molecule has 1 N–H and O–H groups in total. The van der Waals surface area contributed by atoms with Crippen LogP contribution in [0.3, 0.4) is 0 Å². The molecule has 2 aliphatic heterocycles. The number of rotatable bonds is 4. The third-order valence-corrected chi connectivity index (χ3v) is 6.60. The Kier molecular flexibility index (Phi) is 5.30. The largest absolute Gasteiger partial charge is 0.381 e. The fraction of sp³-hybridized carbons (Fsp3) is 0.478. The van der Waals surface area contributed by atoms with Gasteiger partial charge in [0, 0.05) is 44.7 Å². The van der Waals surface area contributed by atoms with Crippen LogP contribution in [-0.2, 0) is 11.3 Å². The lowest BCUT2D eigenvalue weighted by Gasteiger charge is -2.21. The van der Waals surface area contributed by atoms with Crippen LogP contribution in [0.1, 0.15) is 54.4 Å².